The molecule has 0 fully saturated rings. The van der Waals surface area contributed by atoms with Crippen molar-refractivity contribution in [2.75, 3.05) is 6.26 Å². The van der Waals surface area contributed by atoms with Crippen LogP contribution < -0.4 is 0 Å². The molecule has 0 aliphatic rings. The summed E-state index contributed by atoms with van der Waals surface area (Å²) in [4.78, 5) is 7.77. The van der Waals surface area contributed by atoms with Crippen molar-refractivity contribution in [2.24, 2.45) is 0 Å². The van der Waals surface area contributed by atoms with E-state index in [9.17, 15) is 8.42 Å². The summed E-state index contributed by atoms with van der Waals surface area (Å²) in [5.41, 5.74) is 2.68. The van der Waals surface area contributed by atoms with Gasteiger partial charge >= 0.3 is 0 Å². The number of aromatic nitrogens is 2. The number of nitrogens with one attached hydrogen (secondary N) is 1. The topological polar surface area (TPSA) is 62.8 Å². The number of pyridine rings is 1. The number of rotatable bonds is 2. The van der Waals surface area contributed by atoms with E-state index < -0.39 is 9.84 Å². The third-order valence-corrected chi connectivity index (χ3v) is 4.11. The molecule has 4 nitrogen and oxygen atoms in total. The van der Waals surface area contributed by atoms with Gasteiger partial charge in [0.25, 0.3) is 0 Å². The van der Waals surface area contributed by atoms with Crippen LogP contribution >= 0.6 is 0 Å². The fourth-order valence-electron chi connectivity index (χ4n) is 1.99. The summed E-state index contributed by atoms with van der Waals surface area (Å²) in [5.74, 6) is 0. The molecule has 0 spiro atoms. The van der Waals surface area contributed by atoms with Gasteiger partial charge in [0, 0.05) is 23.5 Å². The van der Waals surface area contributed by atoms with Crippen molar-refractivity contribution in [3.63, 3.8) is 0 Å². The maximum absolute atomic E-state index is 11.4. The molecule has 2 aromatic heterocycles. The first-order chi connectivity index (χ1) is 9.04. The molecule has 3 rings (SSSR count). The molecule has 0 saturated carbocycles. The standard InChI is InChI=1S/C14H12N2O2S/c1-19(17,18)12-6-4-10(5-7-12)13-9-11-3-2-8-15-14(11)16-13/h2-9H,1H3,(H,15,16). The van der Waals surface area contributed by atoms with Crippen molar-refractivity contribution in [1.82, 2.24) is 9.97 Å². The molecular formula is C14H12N2O2S. The van der Waals surface area contributed by atoms with Crippen LogP contribution in [0.1, 0.15) is 0 Å². The smallest absolute Gasteiger partial charge is 0.175 e. The fraction of sp³-hybridized carbons (Fsp3) is 0.0714. The van der Waals surface area contributed by atoms with E-state index in [0.717, 1.165) is 22.3 Å². The van der Waals surface area contributed by atoms with Crippen LogP contribution in [-0.2, 0) is 9.84 Å². The maximum Gasteiger partial charge on any atom is 0.175 e. The molecule has 96 valence electrons. The number of benzene rings is 1. The zero-order chi connectivity index (χ0) is 13.5. The van der Waals surface area contributed by atoms with Crippen molar-refractivity contribution in [2.45, 2.75) is 4.90 Å². The maximum atomic E-state index is 11.4. The van der Waals surface area contributed by atoms with Gasteiger partial charge in [-0.2, -0.15) is 0 Å². The first kappa shape index (κ1) is 11.9. The first-order valence-corrected chi connectivity index (χ1v) is 7.67. The molecule has 0 aliphatic carbocycles. The van der Waals surface area contributed by atoms with E-state index >= 15 is 0 Å². The summed E-state index contributed by atoms with van der Waals surface area (Å²) < 4.78 is 22.8. The monoisotopic (exact) mass is 272 g/mol. The molecule has 0 bridgehead atoms. The fourth-order valence-corrected chi connectivity index (χ4v) is 2.63. The molecule has 1 aromatic carbocycles. The molecule has 19 heavy (non-hydrogen) atoms. The summed E-state index contributed by atoms with van der Waals surface area (Å²) in [6.45, 7) is 0. The second-order valence-electron chi connectivity index (χ2n) is 4.42. The average Bonchev–Trinajstić information content (AvgIpc) is 2.81. The molecule has 5 heteroatoms. The Morgan fingerprint density at radius 2 is 1.84 bits per heavy atom. The predicted octanol–water partition coefficient (Wildman–Crippen LogP) is 2.63. The minimum Gasteiger partial charge on any atom is -0.339 e. The van der Waals surface area contributed by atoms with Gasteiger partial charge in [-0.15, -0.1) is 0 Å². The minimum atomic E-state index is -3.15. The van der Waals surface area contributed by atoms with Gasteiger partial charge in [-0.3, -0.25) is 0 Å². The van der Waals surface area contributed by atoms with Crippen LogP contribution in [0.25, 0.3) is 22.3 Å². The number of fused-ring (bicyclic) bond motifs is 1. The Morgan fingerprint density at radius 3 is 2.47 bits per heavy atom. The van der Waals surface area contributed by atoms with E-state index in [4.69, 9.17) is 0 Å². The molecule has 3 aromatic rings. The summed E-state index contributed by atoms with van der Waals surface area (Å²) in [7, 11) is -3.15. The highest BCUT2D eigenvalue weighted by atomic mass is 32.2. The molecule has 2 heterocycles. The quantitative estimate of drug-likeness (QED) is 0.780. The van der Waals surface area contributed by atoms with Gasteiger partial charge in [-0.25, -0.2) is 13.4 Å². The van der Waals surface area contributed by atoms with Crippen molar-refractivity contribution >= 4 is 20.9 Å². The van der Waals surface area contributed by atoms with Crippen molar-refractivity contribution < 1.29 is 8.42 Å². The Labute approximate surface area is 111 Å². The lowest BCUT2D eigenvalue weighted by Crippen LogP contribution is -1.96. The summed E-state index contributed by atoms with van der Waals surface area (Å²) in [6.07, 6.45) is 2.93. The van der Waals surface area contributed by atoms with Gasteiger partial charge in [-0.05, 0) is 35.9 Å². The largest absolute Gasteiger partial charge is 0.339 e. The number of hydrogen-bond donors (Lipinski definition) is 1. The lowest BCUT2D eigenvalue weighted by Gasteiger charge is -2.00. The first-order valence-electron chi connectivity index (χ1n) is 5.78. The van der Waals surface area contributed by atoms with Gasteiger partial charge in [0.05, 0.1) is 4.90 Å². The van der Waals surface area contributed by atoms with Crippen molar-refractivity contribution in [1.29, 1.82) is 0 Å². The molecule has 0 amide bonds. The molecule has 0 saturated heterocycles. The van der Waals surface area contributed by atoms with Crippen molar-refractivity contribution in [3.05, 3.63) is 48.7 Å². The van der Waals surface area contributed by atoms with Crippen LogP contribution in [0, 0.1) is 0 Å². The molecule has 0 unspecified atom stereocenters. The van der Waals surface area contributed by atoms with E-state index in [0.29, 0.717) is 4.90 Å². The molecular weight excluding hydrogens is 260 g/mol. The zero-order valence-corrected chi connectivity index (χ0v) is 11.1. The molecule has 0 radical (unpaired) electrons. The highest BCUT2D eigenvalue weighted by Gasteiger charge is 2.08. The van der Waals surface area contributed by atoms with Crippen LogP contribution in [0.5, 0.6) is 0 Å². The van der Waals surface area contributed by atoms with Gasteiger partial charge in [0.1, 0.15) is 5.65 Å². The van der Waals surface area contributed by atoms with E-state index in [1.54, 1.807) is 30.5 Å². The summed E-state index contributed by atoms with van der Waals surface area (Å²) in [5, 5.41) is 1.03. The second kappa shape index (κ2) is 4.20. The summed E-state index contributed by atoms with van der Waals surface area (Å²) >= 11 is 0. The van der Waals surface area contributed by atoms with Crippen molar-refractivity contribution in [3.8, 4) is 11.3 Å². The lowest BCUT2D eigenvalue weighted by atomic mass is 10.1. The van der Waals surface area contributed by atoms with Gasteiger partial charge in [-0.1, -0.05) is 12.1 Å². The molecule has 0 atom stereocenters. The van der Waals surface area contributed by atoms with Crippen LogP contribution in [0.4, 0.5) is 0 Å². The lowest BCUT2D eigenvalue weighted by molar-refractivity contribution is 0.602. The Balaban J connectivity index is 2.07. The number of sulfone groups is 1. The van der Waals surface area contributed by atoms with E-state index in [-0.39, 0.29) is 0 Å². The average molecular weight is 272 g/mol. The predicted molar refractivity (Wildman–Crippen MR) is 74.6 cm³/mol. The van der Waals surface area contributed by atoms with Gasteiger partial charge < -0.3 is 4.98 Å². The minimum absolute atomic E-state index is 0.325. The van der Waals surface area contributed by atoms with Crippen LogP contribution in [0.2, 0.25) is 0 Å². The van der Waals surface area contributed by atoms with E-state index in [2.05, 4.69) is 9.97 Å². The Morgan fingerprint density at radius 1 is 1.11 bits per heavy atom. The van der Waals surface area contributed by atoms with E-state index in [1.165, 1.54) is 6.26 Å². The van der Waals surface area contributed by atoms with Gasteiger partial charge in [0.15, 0.2) is 9.84 Å². The second-order valence-corrected chi connectivity index (χ2v) is 6.44. The Hall–Kier alpha value is -2.14. The number of H-pyrrole nitrogens is 1. The zero-order valence-electron chi connectivity index (χ0n) is 10.3. The highest BCUT2D eigenvalue weighted by Crippen LogP contribution is 2.24. The third-order valence-electron chi connectivity index (χ3n) is 2.99. The van der Waals surface area contributed by atoms with Crippen LogP contribution in [0.15, 0.2) is 53.6 Å². The van der Waals surface area contributed by atoms with Gasteiger partial charge in [0.2, 0.25) is 0 Å². The molecule has 1 N–H and O–H groups in total. The Kier molecular flexibility index (Phi) is 2.64. The highest BCUT2D eigenvalue weighted by molar-refractivity contribution is 7.90. The number of hydrogen-bond acceptors (Lipinski definition) is 3. The number of nitrogens with zero attached hydrogens (tertiary/aromatic N) is 1. The normalized spacial score (nSPS) is 11.8. The third kappa shape index (κ3) is 2.24. The number of aromatic amines is 1. The Bertz CT molecular complexity index is 800. The van der Waals surface area contributed by atoms with Crippen LogP contribution in [0.3, 0.4) is 0 Å². The molecule has 0 aliphatic heterocycles. The SMILES string of the molecule is CS(=O)(=O)c1ccc(-c2cc3cccnc3[nH]2)cc1. The van der Waals surface area contributed by atoms with E-state index in [1.807, 2.05) is 18.2 Å². The summed E-state index contributed by atoms with van der Waals surface area (Å²) in [6, 6.07) is 12.7. The van der Waals surface area contributed by atoms with Crippen LogP contribution in [-0.4, -0.2) is 24.6 Å².